The molecule has 0 amide bonds. The first-order valence-corrected chi connectivity index (χ1v) is 2.19. The van der Waals surface area contributed by atoms with Crippen LogP contribution in [-0.2, 0) is 53.1 Å². The van der Waals surface area contributed by atoms with Crippen LogP contribution in [-0.4, -0.2) is 0 Å². The molecule has 0 aliphatic rings. The SMILES string of the molecule is O=P([O-])([O-])[O-].[Ag+].[H+].[Zr]. The molecule has 0 radical (unpaired) electrons. The third kappa shape index (κ3) is 84.6. The molecule has 0 saturated carbocycles. The minimum Gasteiger partial charge on any atom is -0.822 e. The Morgan fingerprint density at radius 2 is 1.29 bits per heavy atom. The molecule has 0 unspecified atom stereocenters. The molecule has 0 N–H and O–H groups in total. The van der Waals surface area contributed by atoms with Gasteiger partial charge in [-0.15, -0.1) is 0 Å². The molecule has 7 heteroatoms. The molecule has 0 atom stereocenters. The van der Waals surface area contributed by atoms with Crippen molar-refractivity contribution >= 4 is 7.82 Å². The average Bonchev–Trinajstić information content (AvgIpc) is 0.722. The van der Waals surface area contributed by atoms with E-state index >= 15 is 0 Å². The Bertz CT molecular complexity index is 62.2. The van der Waals surface area contributed by atoms with E-state index in [2.05, 4.69) is 0 Å². The molecular formula is HAgO4PZr-. The summed E-state index contributed by atoms with van der Waals surface area (Å²) in [5.74, 6) is 0. The molecule has 0 aromatic carbocycles. The molecule has 0 fully saturated rings. The van der Waals surface area contributed by atoms with Crippen molar-refractivity contribution < 1.29 is 69.3 Å². The normalized spacial score (nSPS) is 8.43. The zero-order valence-corrected chi connectivity index (χ0v) is 7.72. The first kappa shape index (κ1) is 15.9. The second kappa shape index (κ2) is 5.86. The molecule has 0 bridgehead atoms. The second-order valence-electron chi connectivity index (χ2n) is 0.447. The molecule has 0 saturated heterocycles. The fraction of sp³-hybridized carbons (Fsp3) is 0. The molecule has 0 aliphatic carbocycles. The summed E-state index contributed by atoms with van der Waals surface area (Å²) in [6.45, 7) is 0. The van der Waals surface area contributed by atoms with E-state index < -0.39 is 7.82 Å². The minimum atomic E-state index is -5.39. The summed E-state index contributed by atoms with van der Waals surface area (Å²) < 4.78 is 8.55. The van der Waals surface area contributed by atoms with Crippen LogP contribution in [0.25, 0.3) is 0 Å². The predicted molar refractivity (Wildman–Crippen MR) is 8.72 cm³/mol. The molecule has 7 heavy (non-hydrogen) atoms. The van der Waals surface area contributed by atoms with E-state index in [1.807, 2.05) is 0 Å². The van der Waals surface area contributed by atoms with Crippen molar-refractivity contribution in [1.82, 2.24) is 0 Å². The maximum Gasteiger partial charge on any atom is 1.00 e. The van der Waals surface area contributed by atoms with E-state index in [-0.39, 0.29) is 50.0 Å². The van der Waals surface area contributed by atoms with Gasteiger partial charge in [-0.2, -0.15) is 7.82 Å². The number of phosphoric acid groups is 1. The van der Waals surface area contributed by atoms with E-state index in [4.69, 9.17) is 19.2 Å². The van der Waals surface area contributed by atoms with Crippen molar-refractivity contribution in [2.75, 3.05) is 0 Å². The topological polar surface area (TPSA) is 86.2 Å². The van der Waals surface area contributed by atoms with Gasteiger partial charge in [0, 0.05) is 26.2 Å². The first-order valence-electron chi connectivity index (χ1n) is 0.730. The van der Waals surface area contributed by atoms with E-state index in [9.17, 15) is 0 Å². The Morgan fingerprint density at radius 3 is 1.29 bits per heavy atom. The van der Waals surface area contributed by atoms with Crippen molar-refractivity contribution in [2.24, 2.45) is 0 Å². The van der Waals surface area contributed by atoms with E-state index in [0.29, 0.717) is 0 Å². The van der Waals surface area contributed by atoms with Crippen LogP contribution in [0.3, 0.4) is 0 Å². The largest absolute Gasteiger partial charge is 1.00 e. The fourth-order valence-corrected chi connectivity index (χ4v) is 0. The van der Waals surface area contributed by atoms with Crippen LogP contribution in [0, 0.1) is 0 Å². The summed E-state index contributed by atoms with van der Waals surface area (Å²) in [5, 5.41) is 0. The standard InChI is InChI=1S/Ag.H3O4P.Zr/c;1-5(2,3)4;/h;(H3,1,2,3,4);/q+1;;/p-2. The first-order chi connectivity index (χ1) is 2.00. The smallest absolute Gasteiger partial charge is 0.822 e. The predicted octanol–water partition coefficient (Wildman–Crippen LogP) is -2.72. The molecular weight excluding hydrogens is 294 g/mol. The van der Waals surface area contributed by atoms with Crippen LogP contribution >= 0.6 is 7.82 Å². The molecule has 0 aromatic heterocycles. The van der Waals surface area contributed by atoms with Crippen molar-refractivity contribution in [2.45, 2.75) is 0 Å². The average molecular weight is 295 g/mol. The van der Waals surface area contributed by atoms with Crippen molar-refractivity contribution in [3.63, 3.8) is 0 Å². The Morgan fingerprint density at radius 1 is 1.29 bits per heavy atom. The van der Waals surface area contributed by atoms with Crippen LogP contribution in [0.15, 0.2) is 0 Å². The quantitative estimate of drug-likeness (QED) is 0.359. The molecule has 0 aromatic rings. The van der Waals surface area contributed by atoms with Crippen LogP contribution in [0.2, 0.25) is 0 Å². The fourth-order valence-electron chi connectivity index (χ4n) is 0. The summed E-state index contributed by atoms with van der Waals surface area (Å²) in [5.41, 5.74) is 0. The third-order valence-electron chi connectivity index (χ3n) is 0. The van der Waals surface area contributed by atoms with Gasteiger partial charge in [0.05, 0.1) is 0 Å². The Hall–Kier alpha value is 1.73. The van der Waals surface area contributed by atoms with Crippen LogP contribution in [0.1, 0.15) is 1.43 Å². The number of hydrogen-bond acceptors (Lipinski definition) is 4. The Kier molecular flexibility index (Phi) is 13.3. The van der Waals surface area contributed by atoms with E-state index in [1.54, 1.807) is 0 Å². The second-order valence-corrected chi connectivity index (χ2v) is 1.34. The van der Waals surface area contributed by atoms with Gasteiger partial charge >= 0.3 is 23.8 Å². The van der Waals surface area contributed by atoms with Crippen molar-refractivity contribution in [1.29, 1.82) is 0 Å². The van der Waals surface area contributed by atoms with Crippen LogP contribution < -0.4 is 14.7 Å². The molecule has 0 spiro atoms. The molecule has 0 heterocycles. The van der Waals surface area contributed by atoms with Gasteiger partial charge in [0.2, 0.25) is 0 Å². The van der Waals surface area contributed by atoms with E-state index in [1.165, 1.54) is 0 Å². The number of rotatable bonds is 0. The van der Waals surface area contributed by atoms with Gasteiger partial charge in [0.15, 0.2) is 0 Å². The van der Waals surface area contributed by atoms with Crippen molar-refractivity contribution in [3.8, 4) is 0 Å². The van der Waals surface area contributed by atoms with Gasteiger partial charge in [-0.3, -0.25) is 0 Å². The minimum absolute atomic E-state index is 0. The van der Waals surface area contributed by atoms with Gasteiger partial charge in [0.1, 0.15) is 0 Å². The molecule has 4 nitrogen and oxygen atoms in total. The van der Waals surface area contributed by atoms with Gasteiger partial charge in [0.25, 0.3) is 0 Å². The Balaban J connectivity index is -0.0000000267. The van der Waals surface area contributed by atoms with Crippen LogP contribution in [0.4, 0.5) is 0 Å². The summed E-state index contributed by atoms with van der Waals surface area (Å²) >= 11 is 0. The number of hydrogen-bond donors (Lipinski definition) is 0. The summed E-state index contributed by atoms with van der Waals surface area (Å²) in [7, 11) is -5.39. The summed E-state index contributed by atoms with van der Waals surface area (Å²) in [4.78, 5) is 25.6. The van der Waals surface area contributed by atoms with E-state index in [0.717, 1.165) is 0 Å². The van der Waals surface area contributed by atoms with Gasteiger partial charge < -0.3 is 19.2 Å². The molecule has 0 aliphatic heterocycles. The summed E-state index contributed by atoms with van der Waals surface area (Å²) in [6, 6.07) is 0. The molecule has 46 valence electrons. The molecule has 0 rings (SSSR count). The van der Waals surface area contributed by atoms with Gasteiger partial charge in [-0.25, -0.2) is 0 Å². The zero-order chi connectivity index (χ0) is 4.50. The maximum absolute atomic E-state index is 8.55. The van der Waals surface area contributed by atoms with Gasteiger partial charge in [-0.05, 0) is 0 Å². The monoisotopic (exact) mass is 293 g/mol. The summed E-state index contributed by atoms with van der Waals surface area (Å²) in [6.07, 6.45) is 0. The van der Waals surface area contributed by atoms with Crippen LogP contribution in [0.5, 0.6) is 0 Å². The maximum atomic E-state index is 8.55. The third-order valence-corrected chi connectivity index (χ3v) is 0. The van der Waals surface area contributed by atoms with Crippen molar-refractivity contribution in [3.05, 3.63) is 0 Å². The Labute approximate surface area is 76.7 Å². The van der Waals surface area contributed by atoms with Gasteiger partial charge in [-0.1, -0.05) is 0 Å². The zero-order valence-electron chi connectivity index (χ0n) is 3.88.